The molecule has 0 saturated carbocycles. The van der Waals surface area contributed by atoms with E-state index in [-0.39, 0.29) is 12.5 Å². The minimum atomic E-state index is -0.124. The molecule has 3 heteroatoms. The summed E-state index contributed by atoms with van der Waals surface area (Å²) in [7, 11) is 0. The van der Waals surface area contributed by atoms with E-state index in [1.807, 2.05) is 13.8 Å². The molecule has 2 N–H and O–H groups in total. The van der Waals surface area contributed by atoms with Crippen LogP contribution in [-0.4, -0.2) is 21.7 Å². The van der Waals surface area contributed by atoms with Crippen molar-refractivity contribution in [1.82, 2.24) is 9.97 Å². The highest BCUT2D eigenvalue weighted by molar-refractivity contribution is 5.20. The SMILES string of the molecule is CCC#C[C@@H](CO)c1cnc(C)[nH]1. The van der Waals surface area contributed by atoms with Gasteiger partial charge >= 0.3 is 0 Å². The Morgan fingerprint density at radius 2 is 2.46 bits per heavy atom. The van der Waals surface area contributed by atoms with Crippen molar-refractivity contribution in [2.75, 3.05) is 6.61 Å². The van der Waals surface area contributed by atoms with Crippen LogP contribution in [0.1, 0.15) is 30.8 Å². The molecule has 0 fully saturated rings. The molecule has 0 aliphatic heterocycles. The van der Waals surface area contributed by atoms with E-state index in [9.17, 15) is 0 Å². The molecule has 3 nitrogen and oxygen atoms in total. The Balaban J connectivity index is 2.78. The van der Waals surface area contributed by atoms with E-state index in [1.165, 1.54) is 0 Å². The number of aliphatic hydroxyl groups is 1. The summed E-state index contributed by atoms with van der Waals surface area (Å²) in [5.41, 5.74) is 0.890. The Labute approximate surface area is 78.2 Å². The molecule has 13 heavy (non-hydrogen) atoms. The molecule has 0 spiro atoms. The van der Waals surface area contributed by atoms with E-state index in [0.29, 0.717) is 0 Å². The number of hydrogen-bond acceptors (Lipinski definition) is 2. The van der Waals surface area contributed by atoms with Crippen LogP contribution in [0.25, 0.3) is 0 Å². The highest BCUT2D eigenvalue weighted by Crippen LogP contribution is 2.11. The topological polar surface area (TPSA) is 48.9 Å². The predicted octanol–water partition coefficient (Wildman–Crippen LogP) is 1.21. The van der Waals surface area contributed by atoms with Crippen LogP contribution >= 0.6 is 0 Å². The van der Waals surface area contributed by atoms with Crippen molar-refractivity contribution in [3.05, 3.63) is 17.7 Å². The van der Waals surface area contributed by atoms with Gasteiger partial charge < -0.3 is 10.1 Å². The van der Waals surface area contributed by atoms with E-state index in [4.69, 9.17) is 5.11 Å². The average Bonchev–Trinajstić information content (AvgIpc) is 2.54. The van der Waals surface area contributed by atoms with Crippen LogP contribution in [0.15, 0.2) is 6.20 Å². The van der Waals surface area contributed by atoms with Crippen molar-refractivity contribution in [3.8, 4) is 11.8 Å². The number of H-pyrrole nitrogens is 1. The summed E-state index contributed by atoms with van der Waals surface area (Å²) in [4.78, 5) is 7.12. The van der Waals surface area contributed by atoms with Gasteiger partial charge in [0, 0.05) is 12.6 Å². The second-order valence-electron chi connectivity index (χ2n) is 2.83. The third kappa shape index (κ3) is 2.60. The van der Waals surface area contributed by atoms with Crippen LogP contribution in [0.4, 0.5) is 0 Å². The second kappa shape index (κ2) is 4.68. The van der Waals surface area contributed by atoms with Gasteiger partial charge in [0.1, 0.15) is 5.82 Å². The summed E-state index contributed by atoms with van der Waals surface area (Å²) in [5.74, 6) is 6.66. The van der Waals surface area contributed by atoms with Crippen LogP contribution in [0.2, 0.25) is 0 Å². The third-order valence-corrected chi connectivity index (χ3v) is 1.73. The van der Waals surface area contributed by atoms with Gasteiger partial charge in [0.25, 0.3) is 0 Å². The molecule has 1 atom stereocenters. The standard InChI is InChI=1S/C10H14N2O/c1-3-4-5-9(7-13)10-6-11-8(2)12-10/h6,9,13H,3,7H2,1-2H3,(H,11,12)/t9-/m0/s1. The van der Waals surface area contributed by atoms with Crippen LogP contribution in [0, 0.1) is 18.8 Å². The first-order valence-electron chi connectivity index (χ1n) is 4.38. The lowest BCUT2D eigenvalue weighted by Crippen LogP contribution is -2.01. The molecule has 0 aliphatic carbocycles. The molecular formula is C10H14N2O. The molecule has 0 bridgehead atoms. The maximum atomic E-state index is 9.07. The number of imidazole rings is 1. The van der Waals surface area contributed by atoms with Gasteiger partial charge in [0.05, 0.1) is 18.2 Å². The van der Waals surface area contributed by atoms with Gasteiger partial charge in [-0.3, -0.25) is 0 Å². The zero-order chi connectivity index (χ0) is 9.68. The number of rotatable bonds is 2. The van der Waals surface area contributed by atoms with Crippen molar-refractivity contribution in [2.24, 2.45) is 0 Å². The first-order valence-corrected chi connectivity index (χ1v) is 4.38. The lowest BCUT2D eigenvalue weighted by molar-refractivity contribution is 0.285. The smallest absolute Gasteiger partial charge is 0.103 e. The van der Waals surface area contributed by atoms with Gasteiger partial charge in [-0.1, -0.05) is 12.8 Å². The van der Waals surface area contributed by atoms with Crippen molar-refractivity contribution in [2.45, 2.75) is 26.2 Å². The number of aromatic nitrogens is 2. The lowest BCUT2D eigenvalue weighted by atomic mass is 10.1. The minimum Gasteiger partial charge on any atom is -0.395 e. The molecule has 0 amide bonds. The molecule has 0 radical (unpaired) electrons. The first-order chi connectivity index (χ1) is 6.27. The average molecular weight is 178 g/mol. The summed E-state index contributed by atoms with van der Waals surface area (Å²) in [5, 5.41) is 9.07. The second-order valence-corrected chi connectivity index (χ2v) is 2.83. The molecule has 0 aromatic carbocycles. The lowest BCUT2D eigenvalue weighted by Gasteiger charge is -2.02. The largest absolute Gasteiger partial charge is 0.395 e. The number of nitrogens with zero attached hydrogens (tertiary/aromatic N) is 1. The first kappa shape index (κ1) is 9.82. The number of nitrogens with one attached hydrogen (secondary N) is 1. The van der Waals surface area contributed by atoms with E-state index < -0.39 is 0 Å². The molecule has 1 heterocycles. The van der Waals surface area contributed by atoms with Crippen LogP contribution in [0.3, 0.4) is 0 Å². The highest BCUT2D eigenvalue weighted by Gasteiger charge is 2.08. The molecule has 70 valence electrons. The quantitative estimate of drug-likeness (QED) is 0.669. The summed E-state index contributed by atoms with van der Waals surface area (Å²) in [6.45, 7) is 3.90. The Morgan fingerprint density at radius 1 is 1.69 bits per heavy atom. The van der Waals surface area contributed by atoms with E-state index in [0.717, 1.165) is 17.9 Å². The summed E-state index contributed by atoms with van der Waals surface area (Å²) < 4.78 is 0. The van der Waals surface area contributed by atoms with Crippen molar-refractivity contribution < 1.29 is 5.11 Å². The molecule has 0 unspecified atom stereocenters. The van der Waals surface area contributed by atoms with Gasteiger partial charge in [0.2, 0.25) is 0 Å². The zero-order valence-corrected chi connectivity index (χ0v) is 7.96. The number of aryl methyl sites for hydroxylation is 1. The Morgan fingerprint density at radius 3 is 2.92 bits per heavy atom. The van der Waals surface area contributed by atoms with Gasteiger partial charge in [-0.25, -0.2) is 4.98 Å². The van der Waals surface area contributed by atoms with Gasteiger partial charge in [-0.2, -0.15) is 0 Å². The molecule has 1 aromatic heterocycles. The zero-order valence-electron chi connectivity index (χ0n) is 7.96. The summed E-state index contributed by atoms with van der Waals surface area (Å²) >= 11 is 0. The summed E-state index contributed by atoms with van der Waals surface area (Å²) in [6.07, 6.45) is 2.53. The monoisotopic (exact) mass is 178 g/mol. The fraction of sp³-hybridized carbons (Fsp3) is 0.500. The van der Waals surface area contributed by atoms with Crippen LogP contribution in [0.5, 0.6) is 0 Å². The van der Waals surface area contributed by atoms with Gasteiger partial charge in [-0.15, -0.1) is 5.92 Å². The fourth-order valence-corrected chi connectivity index (χ4v) is 1.06. The van der Waals surface area contributed by atoms with E-state index in [1.54, 1.807) is 6.20 Å². The van der Waals surface area contributed by atoms with Crippen molar-refractivity contribution >= 4 is 0 Å². The predicted molar refractivity (Wildman–Crippen MR) is 51.2 cm³/mol. The Kier molecular flexibility index (Phi) is 3.53. The summed E-state index contributed by atoms with van der Waals surface area (Å²) in [6, 6.07) is 0. The van der Waals surface area contributed by atoms with E-state index >= 15 is 0 Å². The number of aromatic amines is 1. The molecule has 0 aliphatic rings. The third-order valence-electron chi connectivity index (χ3n) is 1.73. The van der Waals surface area contributed by atoms with Crippen LogP contribution in [-0.2, 0) is 0 Å². The van der Waals surface area contributed by atoms with Gasteiger partial charge in [-0.05, 0) is 6.92 Å². The molecule has 0 saturated heterocycles. The Bertz CT molecular complexity index is 319. The Hall–Kier alpha value is -1.27. The van der Waals surface area contributed by atoms with Gasteiger partial charge in [0.15, 0.2) is 0 Å². The maximum Gasteiger partial charge on any atom is 0.103 e. The molecule has 1 rings (SSSR count). The fourth-order valence-electron chi connectivity index (χ4n) is 1.06. The minimum absolute atomic E-state index is 0.0363. The number of aliphatic hydroxyl groups excluding tert-OH is 1. The molecular weight excluding hydrogens is 164 g/mol. The highest BCUT2D eigenvalue weighted by atomic mass is 16.3. The van der Waals surface area contributed by atoms with E-state index in [2.05, 4.69) is 21.8 Å². The molecule has 1 aromatic rings. The van der Waals surface area contributed by atoms with Crippen LogP contribution < -0.4 is 0 Å². The maximum absolute atomic E-state index is 9.07. The van der Waals surface area contributed by atoms with Crippen molar-refractivity contribution in [1.29, 1.82) is 0 Å². The van der Waals surface area contributed by atoms with Crippen molar-refractivity contribution in [3.63, 3.8) is 0 Å². The number of hydrogen-bond donors (Lipinski definition) is 2. The normalized spacial score (nSPS) is 11.9.